The van der Waals surface area contributed by atoms with Crippen LogP contribution >= 0.6 is 17.0 Å². The van der Waals surface area contributed by atoms with Crippen LogP contribution in [0, 0.1) is 11.2 Å². The van der Waals surface area contributed by atoms with Gasteiger partial charge in [0.05, 0.1) is 39.7 Å². The van der Waals surface area contributed by atoms with Crippen molar-refractivity contribution in [2.45, 2.75) is 32.7 Å². The topological polar surface area (TPSA) is 115 Å². The molecule has 0 spiro atoms. The highest BCUT2D eigenvalue weighted by atomic mass is 79.9. The Kier molecular flexibility index (Phi) is 8.67. The molecule has 0 aliphatic carbocycles. The minimum absolute atomic E-state index is 0. The average molecular weight is 589 g/mol. The van der Waals surface area contributed by atoms with Gasteiger partial charge in [0.2, 0.25) is 0 Å². The van der Waals surface area contributed by atoms with E-state index in [9.17, 15) is 13.2 Å². The molecule has 0 unspecified atom stereocenters. The number of ketones is 1. The van der Waals surface area contributed by atoms with Crippen molar-refractivity contribution in [2.24, 2.45) is 0 Å². The van der Waals surface area contributed by atoms with Crippen LogP contribution in [0.25, 0.3) is 0 Å². The van der Waals surface area contributed by atoms with Gasteiger partial charge in [-0.15, -0.1) is 17.0 Å². The summed E-state index contributed by atoms with van der Waals surface area (Å²) in [6.45, 7) is 5.47. The molecule has 0 bridgehead atoms. The summed E-state index contributed by atoms with van der Waals surface area (Å²) in [5.74, 6) is -1.03. The van der Waals surface area contributed by atoms with Crippen LogP contribution < -0.4 is 18.4 Å². The second kappa shape index (κ2) is 10.6. The summed E-state index contributed by atoms with van der Waals surface area (Å²) >= 11 is 0. The Balaban J connectivity index is 0.00000456. The lowest BCUT2D eigenvalue weighted by Gasteiger charge is -2.25. The largest absolute Gasteiger partial charge is 0.493 e. The van der Waals surface area contributed by atoms with Gasteiger partial charge in [0.1, 0.15) is 5.84 Å². The molecule has 0 radical (unpaired) electrons. The van der Waals surface area contributed by atoms with E-state index in [2.05, 4.69) is 0 Å². The number of nitrogens with zero attached hydrogens (tertiary/aromatic N) is 1. The molecular formula is C24H30BrFN2O7S. The van der Waals surface area contributed by atoms with E-state index in [0.717, 1.165) is 6.26 Å². The number of ether oxygens (including phenoxy) is 3. The van der Waals surface area contributed by atoms with Crippen LogP contribution in [-0.2, 0) is 22.1 Å². The highest BCUT2D eigenvalue weighted by Gasteiger charge is 2.33. The summed E-state index contributed by atoms with van der Waals surface area (Å²) in [5, 5.41) is 8.46. The molecule has 0 fully saturated rings. The number of amidine groups is 1. The van der Waals surface area contributed by atoms with E-state index in [0.29, 0.717) is 11.1 Å². The molecule has 0 atom stereocenters. The monoisotopic (exact) mass is 588 g/mol. The van der Waals surface area contributed by atoms with E-state index < -0.39 is 21.4 Å². The second-order valence-electron chi connectivity index (χ2n) is 9.18. The number of Topliss-reactive ketones (excluding diaryl/α,β-unsaturated/α-hetero) is 1. The smallest absolute Gasteiger partial charge is 0.306 e. The predicted molar refractivity (Wildman–Crippen MR) is 139 cm³/mol. The quantitative estimate of drug-likeness (QED) is 0.362. The van der Waals surface area contributed by atoms with Crippen LogP contribution in [0.1, 0.15) is 47.8 Å². The molecule has 12 heteroatoms. The fourth-order valence-electron chi connectivity index (χ4n) is 3.93. The third-order valence-corrected chi connectivity index (χ3v) is 6.05. The van der Waals surface area contributed by atoms with E-state index in [4.69, 9.17) is 23.8 Å². The number of hydrogen-bond acceptors (Lipinski definition) is 8. The maximum absolute atomic E-state index is 15.0. The molecule has 0 saturated heterocycles. The standard InChI is InChI=1S/C24H29FN2O7S.BrH/c1-24(2,3)15-8-13(9-17(31-4)21(15)34-35(7,29)30)16(28)12-27-11-14-10-18(32-5)22(33-6)20(25)19(14)23(27)26;/h8-10,26H,11-12H2,1-7H3;1H. The minimum atomic E-state index is -3.86. The molecular weight excluding hydrogens is 559 g/mol. The van der Waals surface area contributed by atoms with E-state index in [1.165, 1.54) is 32.3 Å². The Morgan fingerprint density at radius 2 is 1.64 bits per heavy atom. The number of hydrogen-bond donors (Lipinski definition) is 1. The summed E-state index contributed by atoms with van der Waals surface area (Å²) in [5.41, 5.74) is 0.678. The Morgan fingerprint density at radius 1 is 1.06 bits per heavy atom. The first-order chi connectivity index (χ1) is 16.2. The summed E-state index contributed by atoms with van der Waals surface area (Å²) < 4.78 is 59.5. The van der Waals surface area contributed by atoms with Crippen molar-refractivity contribution in [2.75, 3.05) is 34.1 Å². The van der Waals surface area contributed by atoms with Crippen LogP contribution in [0.3, 0.4) is 0 Å². The molecule has 1 heterocycles. The van der Waals surface area contributed by atoms with E-state index in [1.807, 2.05) is 20.8 Å². The molecule has 0 saturated carbocycles. The van der Waals surface area contributed by atoms with Gasteiger partial charge in [-0.05, 0) is 29.2 Å². The Hall–Kier alpha value is -2.86. The molecule has 2 aromatic carbocycles. The predicted octanol–water partition coefficient (Wildman–Crippen LogP) is 4.09. The van der Waals surface area contributed by atoms with Gasteiger partial charge in [0.25, 0.3) is 0 Å². The molecule has 36 heavy (non-hydrogen) atoms. The Bertz CT molecular complexity index is 1310. The maximum atomic E-state index is 15.0. The fourth-order valence-corrected chi connectivity index (χ4v) is 4.41. The van der Waals surface area contributed by atoms with Gasteiger partial charge in [-0.3, -0.25) is 10.2 Å². The second-order valence-corrected chi connectivity index (χ2v) is 10.8. The lowest BCUT2D eigenvalue weighted by molar-refractivity contribution is 0.0962. The molecule has 9 nitrogen and oxygen atoms in total. The zero-order chi connectivity index (χ0) is 26.3. The third kappa shape index (κ3) is 5.75. The molecule has 1 aliphatic rings. The minimum Gasteiger partial charge on any atom is -0.493 e. The molecule has 2 aromatic rings. The van der Waals surface area contributed by atoms with Crippen molar-refractivity contribution >= 4 is 38.7 Å². The number of methoxy groups -OCH3 is 3. The number of fused-ring (bicyclic) bond motifs is 1. The van der Waals surface area contributed by atoms with Gasteiger partial charge >= 0.3 is 10.1 Å². The number of rotatable bonds is 8. The SMILES string of the molecule is Br.COc1cc(C(=O)CN2Cc3cc(OC)c(OC)c(F)c3C2=N)cc(C(C)(C)C)c1OS(C)(=O)=O. The van der Waals surface area contributed by atoms with Crippen LogP contribution in [0.5, 0.6) is 23.0 Å². The number of nitrogens with one attached hydrogen (secondary N) is 1. The van der Waals surface area contributed by atoms with E-state index in [1.54, 1.807) is 12.1 Å². The molecule has 3 rings (SSSR count). The van der Waals surface area contributed by atoms with Crippen molar-refractivity contribution in [3.05, 3.63) is 46.3 Å². The van der Waals surface area contributed by atoms with Crippen molar-refractivity contribution in [1.29, 1.82) is 5.41 Å². The van der Waals surface area contributed by atoms with Crippen molar-refractivity contribution < 1.29 is 36.0 Å². The number of carbonyl (C=O) groups excluding carboxylic acids is 1. The number of carbonyl (C=O) groups is 1. The highest BCUT2D eigenvalue weighted by molar-refractivity contribution is 8.93. The van der Waals surface area contributed by atoms with E-state index in [-0.39, 0.29) is 75.8 Å². The first-order valence-electron chi connectivity index (χ1n) is 10.6. The van der Waals surface area contributed by atoms with Crippen LogP contribution in [0.15, 0.2) is 18.2 Å². The van der Waals surface area contributed by atoms with Gasteiger partial charge in [-0.2, -0.15) is 8.42 Å². The zero-order valence-electron chi connectivity index (χ0n) is 21.1. The van der Waals surface area contributed by atoms with Gasteiger partial charge in [-0.1, -0.05) is 20.8 Å². The van der Waals surface area contributed by atoms with Crippen LogP contribution in [-0.4, -0.2) is 59.1 Å². The molecule has 1 aliphatic heterocycles. The first-order valence-corrected chi connectivity index (χ1v) is 12.5. The van der Waals surface area contributed by atoms with Crippen LogP contribution in [0.4, 0.5) is 4.39 Å². The molecule has 0 amide bonds. The summed E-state index contributed by atoms with van der Waals surface area (Å²) in [6, 6.07) is 4.55. The fraction of sp³-hybridized carbons (Fsp3) is 0.417. The summed E-state index contributed by atoms with van der Waals surface area (Å²) in [6.07, 6.45) is 0.928. The third-order valence-electron chi connectivity index (χ3n) is 5.58. The molecule has 0 aromatic heterocycles. The normalized spacial score (nSPS) is 13.1. The van der Waals surface area contributed by atoms with Crippen molar-refractivity contribution in [3.63, 3.8) is 0 Å². The Morgan fingerprint density at radius 3 is 2.14 bits per heavy atom. The lowest BCUT2D eigenvalue weighted by Crippen LogP contribution is -2.30. The first kappa shape index (κ1) is 29.4. The van der Waals surface area contributed by atoms with Gasteiger partial charge in [0, 0.05) is 17.7 Å². The highest BCUT2D eigenvalue weighted by Crippen LogP contribution is 2.41. The van der Waals surface area contributed by atoms with Crippen molar-refractivity contribution in [3.8, 4) is 23.0 Å². The lowest BCUT2D eigenvalue weighted by atomic mass is 9.84. The molecule has 198 valence electrons. The van der Waals surface area contributed by atoms with E-state index >= 15 is 4.39 Å². The average Bonchev–Trinajstić information content (AvgIpc) is 3.06. The number of benzene rings is 2. The van der Waals surface area contributed by atoms with Gasteiger partial charge in [0.15, 0.2) is 34.6 Å². The molecule has 1 N–H and O–H groups in total. The van der Waals surface area contributed by atoms with Gasteiger partial charge < -0.3 is 23.3 Å². The maximum Gasteiger partial charge on any atom is 0.306 e. The van der Waals surface area contributed by atoms with Crippen LogP contribution in [0.2, 0.25) is 0 Å². The Labute approximate surface area is 220 Å². The summed E-state index contributed by atoms with van der Waals surface area (Å²) in [4.78, 5) is 14.7. The van der Waals surface area contributed by atoms with Crippen molar-refractivity contribution in [1.82, 2.24) is 4.90 Å². The van der Waals surface area contributed by atoms with Gasteiger partial charge in [-0.25, -0.2) is 4.39 Å². The zero-order valence-corrected chi connectivity index (χ0v) is 23.7. The number of halogens is 2. The summed E-state index contributed by atoms with van der Waals surface area (Å²) in [7, 11) is 0.195.